The van der Waals surface area contributed by atoms with Gasteiger partial charge in [0.25, 0.3) is 0 Å². The Hall–Kier alpha value is -3.82. The molecule has 0 fully saturated rings. The van der Waals surface area contributed by atoms with Gasteiger partial charge in [0.2, 0.25) is 0 Å². The Labute approximate surface area is 172 Å². The molecule has 0 aliphatic carbocycles. The first-order valence-electron chi connectivity index (χ1n) is 9.18. The van der Waals surface area contributed by atoms with Crippen LogP contribution in [0.1, 0.15) is 11.4 Å². The van der Waals surface area contributed by atoms with Crippen molar-refractivity contribution in [2.75, 3.05) is 29.0 Å². The van der Waals surface area contributed by atoms with Crippen molar-refractivity contribution in [3.8, 4) is 0 Å². The number of benzene rings is 1. The van der Waals surface area contributed by atoms with Crippen molar-refractivity contribution in [3.05, 3.63) is 65.6 Å². The normalized spacial score (nSPS) is 10.4. The molecule has 0 aliphatic rings. The Morgan fingerprint density at radius 2 is 1.73 bits per heavy atom. The van der Waals surface area contributed by atoms with Gasteiger partial charge in [-0.25, -0.2) is 28.5 Å². The molecule has 0 atom stereocenters. The number of urea groups is 1. The second-order valence-electron chi connectivity index (χ2n) is 6.47. The minimum absolute atomic E-state index is 0.159. The molecule has 2 amide bonds. The molecule has 0 aliphatic heterocycles. The van der Waals surface area contributed by atoms with Crippen molar-refractivity contribution in [2.24, 2.45) is 0 Å². The molecule has 2 heterocycles. The fraction of sp³-hybridized carbons (Fsp3) is 0.200. The molecule has 3 aromatic rings. The van der Waals surface area contributed by atoms with E-state index in [-0.39, 0.29) is 12.2 Å². The average Bonchev–Trinajstić information content (AvgIpc) is 2.68. The summed E-state index contributed by atoms with van der Waals surface area (Å²) in [6, 6.07) is 8.14. The molecule has 0 unspecified atom stereocenters. The van der Waals surface area contributed by atoms with Crippen molar-refractivity contribution in [2.45, 2.75) is 13.8 Å². The minimum Gasteiger partial charge on any atom is -0.368 e. The molecular formula is C20H21F2N7O. The molecule has 156 valence electrons. The molecule has 3 rings (SSSR count). The van der Waals surface area contributed by atoms with Gasteiger partial charge in [-0.3, -0.25) is 0 Å². The Balaban J connectivity index is 1.49. The van der Waals surface area contributed by atoms with E-state index in [0.29, 0.717) is 29.8 Å². The molecule has 10 heteroatoms. The predicted molar refractivity (Wildman–Crippen MR) is 111 cm³/mol. The predicted octanol–water partition coefficient (Wildman–Crippen LogP) is 3.74. The van der Waals surface area contributed by atoms with E-state index < -0.39 is 17.7 Å². The highest BCUT2D eigenvalue weighted by Gasteiger charge is 2.06. The zero-order chi connectivity index (χ0) is 21.5. The van der Waals surface area contributed by atoms with Gasteiger partial charge < -0.3 is 21.3 Å². The molecule has 1 aromatic carbocycles. The highest BCUT2D eigenvalue weighted by molar-refractivity contribution is 5.89. The molecule has 0 spiro atoms. The lowest BCUT2D eigenvalue weighted by atomic mass is 10.3. The number of halogens is 2. The van der Waals surface area contributed by atoms with Gasteiger partial charge in [0.1, 0.15) is 23.3 Å². The third-order valence-electron chi connectivity index (χ3n) is 3.90. The lowest BCUT2D eigenvalue weighted by Gasteiger charge is -2.11. The monoisotopic (exact) mass is 413 g/mol. The highest BCUT2D eigenvalue weighted by Crippen LogP contribution is 2.16. The topological polar surface area (TPSA) is 104 Å². The molecule has 8 nitrogen and oxygen atoms in total. The smallest absolute Gasteiger partial charge is 0.319 e. The van der Waals surface area contributed by atoms with E-state index in [1.807, 2.05) is 19.1 Å². The summed E-state index contributed by atoms with van der Waals surface area (Å²) in [5.41, 5.74) is 1.23. The van der Waals surface area contributed by atoms with Crippen LogP contribution in [0.5, 0.6) is 0 Å². The van der Waals surface area contributed by atoms with Gasteiger partial charge in [0, 0.05) is 37.1 Å². The maximum atomic E-state index is 13.2. The number of pyridine rings is 1. The fourth-order valence-corrected chi connectivity index (χ4v) is 2.57. The Morgan fingerprint density at radius 3 is 2.50 bits per heavy atom. The number of nitrogens with one attached hydrogen (secondary N) is 4. The van der Waals surface area contributed by atoms with Crippen molar-refractivity contribution in [1.29, 1.82) is 0 Å². The number of aryl methyl sites for hydroxylation is 2. The van der Waals surface area contributed by atoms with Gasteiger partial charge >= 0.3 is 6.03 Å². The van der Waals surface area contributed by atoms with Crippen LogP contribution in [0.4, 0.5) is 36.7 Å². The summed E-state index contributed by atoms with van der Waals surface area (Å²) < 4.78 is 26.1. The first-order valence-corrected chi connectivity index (χ1v) is 9.18. The van der Waals surface area contributed by atoms with E-state index in [0.717, 1.165) is 17.7 Å². The van der Waals surface area contributed by atoms with Gasteiger partial charge in [0.15, 0.2) is 11.6 Å². The summed E-state index contributed by atoms with van der Waals surface area (Å²) in [6.45, 7) is 4.42. The Bertz CT molecular complexity index is 1050. The average molecular weight is 413 g/mol. The first-order chi connectivity index (χ1) is 14.4. The van der Waals surface area contributed by atoms with E-state index in [2.05, 4.69) is 36.2 Å². The number of nitrogens with zero attached hydrogens (tertiary/aromatic N) is 3. The molecule has 2 aromatic heterocycles. The third kappa shape index (κ3) is 6.09. The van der Waals surface area contributed by atoms with Crippen molar-refractivity contribution >= 4 is 29.2 Å². The lowest BCUT2D eigenvalue weighted by molar-refractivity contribution is 0.252. The number of rotatable bonds is 7. The first kappa shape index (κ1) is 20.9. The van der Waals surface area contributed by atoms with E-state index >= 15 is 0 Å². The number of aromatic nitrogens is 3. The molecule has 4 N–H and O–H groups in total. The fourth-order valence-electron chi connectivity index (χ4n) is 2.57. The maximum absolute atomic E-state index is 13.2. The van der Waals surface area contributed by atoms with Crippen molar-refractivity contribution < 1.29 is 13.6 Å². The van der Waals surface area contributed by atoms with Gasteiger partial charge in [-0.15, -0.1) is 0 Å². The molecule has 0 radical (unpaired) electrons. The van der Waals surface area contributed by atoms with Crippen LogP contribution in [0.3, 0.4) is 0 Å². The lowest BCUT2D eigenvalue weighted by Crippen LogP contribution is -2.32. The third-order valence-corrected chi connectivity index (χ3v) is 3.90. The highest BCUT2D eigenvalue weighted by atomic mass is 19.2. The molecule has 0 bridgehead atoms. The zero-order valence-corrected chi connectivity index (χ0v) is 16.5. The van der Waals surface area contributed by atoms with Crippen molar-refractivity contribution in [3.63, 3.8) is 0 Å². The SMILES string of the molecule is Cc1ccnc(Nc2cc(NCCNC(=O)Nc3ccc(F)c(F)c3)nc(C)n2)c1. The molecular weight excluding hydrogens is 392 g/mol. The largest absolute Gasteiger partial charge is 0.368 e. The number of anilines is 4. The summed E-state index contributed by atoms with van der Waals surface area (Å²) in [6.07, 6.45) is 1.71. The number of hydrogen-bond donors (Lipinski definition) is 4. The van der Waals surface area contributed by atoms with Crippen LogP contribution in [-0.2, 0) is 0 Å². The standard InChI is InChI=1S/C20H21F2N7O/c1-12-5-6-23-17(9-12)29-19-11-18(26-13(2)27-19)24-7-8-25-20(30)28-14-3-4-15(21)16(22)10-14/h3-6,9-11H,7-8H2,1-2H3,(H2,25,28,30)(H2,23,24,26,27,29). The van der Waals surface area contributed by atoms with E-state index in [9.17, 15) is 13.6 Å². The summed E-state index contributed by atoms with van der Waals surface area (Å²) >= 11 is 0. The van der Waals surface area contributed by atoms with Crippen molar-refractivity contribution in [1.82, 2.24) is 20.3 Å². The quantitative estimate of drug-likeness (QED) is 0.440. The summed E-state index contributed by atoms with van der Waals surface area (Å²) in [5.74, 6) is 0.414. The van der Waals surface area contributed by atoms with Crippen LogP contribution in [-0.4, -0.2) is 34.1 Å². The van der Waals surface area contributed by atoms with Gasteiger partial charge in [-0.2, -0.15) is 0 Å². The number of hydrogen-bond acceptors (Lipinski definition) is 6. The van der Waals surface area contributed by atoms with E-state index in [4.69, 9.17) is 0 Å². The Morgan fingerprint density at radius 1 is 0.933 bits per heavy atom. The van der Waals surface area contributed by atoms with Gasteiger partial charge in [-0.05, 0) is 43.7 Å². The van der Waals surface area contributed by atoms with Crippen LogP contribution in [0.2, 0.25) is 0 Å². The molecule has 0 saturated heterocycles. The second kappa shape index (κ2) is 9.59. The summed E-state index contributed by atoms with van der Waals surface area (Å²) in [7, 11) is 0. The second-order valence-corrected chi connectivity index (χ2v) is 6.47. The minimum atomic E-state index is -1.03. The van der Waals surface area contributed by atoms with Crippen LogP contribution >= 0.6 is 0 Å². The van der Waals surface area contributed by atoms with Crippen LogP contribution < -0.4 is 21.3 Å². The van der Waals surface area contributed by atoms with Gasteiger partial charge in [0.05, 0.1) is 0 Å². The van der Waals surface area contributed by atoms with E-state index in [1.54, 1.807) is 19.2 Å². The van der Waals surface area contributed by atoms with Gasteiger partial charge in [-0.1, -0.05) is 0 Å². The molecule has 0 saturated carbocycles. The Kier molecular flexibility index (Phi) is 6.68. The number of carbonyl (C=O) groups excluding carboxylic acids is 1. The summed E-state index contributed by atoms with van der Waals surface area (Å²) in [4.78, 5) is 24.7. The van der Waals surface area contributed by atoms with Crippen LogP contribution in [0.15, 0.2) is 42.6 Å². The summed E-state index contributed by atoms with van der Waals surface area (Å²) in [5, 5.41) is 11.3. The number of carbonyl (C=O) groups is 1. The van der Waals surface area contributed by atoms with Crippen LogP contribution in [0.25, 0.3) is 0 Å². The maximum Gasteiger partial charge on any atom is 0.319 e. The van der Waals surface area contributed by atoms with E-state index in [1.165, 1.54) is 6.07 Å². The molecule has 30 heavy (non-hydrogen) atoms. The van der Waals surface area contributed by atoms with Crippen LogP contribution in [0, 0.1) is 25.5 Å². The number of amides is 2. The zero-order valence-electron chi connectivity index (χ0n) is 16.5.